The maximum atomic E-state index is 13.2. The molecule has 0 fully saturated rings. The number of carbonyl (C=O) groups is 3. The highest BCUT2D eigenvalue weighted by Crippen LogP contribution is 2.53. The Morgan fingerprint density at radius 3 is 2.61 bits per heavy atom. The van der Waals surface area contributed by atoms with Crippen molar-refractivity contribution in [2.45, 2.75) is 12.3 Å². The highest BCUT2D eigenvalue weighted by molar-refractivity contribution is 6.16. The first kappa shape index (κ1) is 19.2. The largest absolute Gasteiger partial charge is 0.466 e. The molecule has 2 aliphatic rings. The smallest absolute Gasteiger partial charge is 0.339 e. The topological polar surface area (TPSA) is 108 Å². The molecule has 0 saturated carbocycles. The lowest BCUT2D eigenvalue weighted by molar-refractivity contribution is -0.146. The molecule has 1 unspecified atom stereocenters. The van der Waals surface area contributed by atoms with E-state index in [4.69, 9.17) is 19.9 Å². The van der Waals surface area contributed by atoms with Crippen molar-refractivity contribution in [2.24, 2.45) is 5.73 Å². The summed E-state index contributed by atoms with van der Waals surface area (Å²) in [5.41, 5.74) is 4.98. The molecule has 8 nitrogen and oxygen atoms in total. The van der Waals surface area contributed by atoms with E-state index < -0.39 is 23.3 Å². The number of nitrogens with two attached hydrogens (primary N) is 1. The maximum absolute atomic E-state index is 13.2. The van der Waals surface area contributed by atoms with Gasteiger partial charge < -0.3 is 24.8 Å². The zero-order chi connectivity index (χ0) is 20.6. The lowest BCUT2D eigenvalue weighted by atomic mass is 9.66. The summed E-state index contributed by atoms with van der Waals surface area (Å²) in [6, 6.07) is 6.82. The minimum Gasteiger partial charge on any atom is -0.466 e. The zero-order valence-corrected chi connectivity index (χ0v) is 15.8. The van der Waals surface area contributed by atoms with Gasteiger partial charge in [0.25, 0.3) is 0 Å². The summed E-state index contributed by atoms with van der Waals surface area (Å²) >= 11 is 0. The van der Waals surface area contributed by atoms with E-state index in [1.54, 1.807) is 36.2 Å². The van der Waals surface area contributed by atoms with Crippen LogP contribution in [0, 0.1) is 0 Å². The number of para-hydroxylation sites is 1. The summed E-state index contributed by atoms with van der Waals surface area (Å²) in [6.45, 7) is 4.90. The number of fused-ring (bicyclic) bond motifs is 2. The van der Waals surface area contributed by atoms with Crippen molar-refractivity contribution in [3.05, 3.63) is 65.2 Å². The summed E-state index contributed by atoms with van der Waals surface area (Å²) in [5, 5.41) is 0. The number of carbonyl (C=O) groups excluding carboxylic acids is 3. The molecule has 2 heterocycles. The number of cyclic esters (lactones) is 1. The van der Waals surface area contributed by atoms with Crippen molar-refractivity contribution >= 4 is 23.6 Å². The normalized spacial score (nSPS) is 20.8. The number of benzene rings is 1. The molecule has 1 aromatic rings. The Morgan fingerprint density at radius 1 is 1.29 bits per heavy atom. The highest BCUT2D eigenvalue weighted by Gasteiger charge is 2.63. The molecule has 8 heteroatoms. The van der Waals surface area contributed by atoms with Gasteiger partial charge in [-0.05, 0) is 13.0 Å². The Balaban J connectivity index is 2.41. The fourth-order valence-corrected chi connectivity index (χ4v) is 3.68. The molecule has 1 spiro atoms. The Kier molecular flexibility index (Phi) is 4.72. The van der Waals surface area contributed by atoms with E-state index in [0.717, 1.165) is 0 Å². The molecule has 0 radical (unpaired) electrons. The minimum atomic E-state index is -1.89. The summed E-state index contributed by atoms with van der Waals surface area (Å²) in [7, 11) is 2.82. The van der Waals surface area contributed by atoms with Crippen LogP contribution in [0.25, 0.3) is 0 Å². The summed E-state index contributed by atoms with van der Waals surface area (Å²) < 4.78 is 15.4. The number of esters is 3. The number of hydrogen-bond donors (Lipinski definition) is 1. The van der Waals surface area contributed by atoms with Crippen molar-refractivity contribution in [2.75, 3.05) is 25.7 Å². The van der Waals surface area contributed by atoms with Crippen LogP contribution in [0.3, 0.4) is 0 Å². The van der Waals surface area contributed by atoms with Crippen LogP contribution in [0.15, 0.2) is 59.6 Å². The fourth-order valence-electron chi connectivity index (χ4n) is 3.68. The van der Waals surface area contributed by atoms with Crippen LogP contribution in [0.4, 0.5) is 5.69 Å². The molecule has 1 atom stereocenters. The molecule has 2 aliphatic heterocycles. The fraction of sp³-hybridized carbons (Fsp3) is 0.250. The van der Waals surface area contributed by atoms with Gasteiger partial charge in [0.2, 0.25) is 0 Å². The quantitative estimate of drug-likeness (QED) is 0.470. The van der Waals surface area contributed by atoms with Gasteiger partial charge in [0.15, 0.2) is 5.41 Å². The van der Waals surface area contributed by atoms with Crippen molar-refractivity contribution < 1.29 is 28.6 Å². The molecule has 0 bridgehead atoms. The van der Waals surface area contributed by atoms with Crippen molar-refractivity contribution in [1.82, 2.24) is 0 Å². The number of allylic oxidation sites excluding steroid dienone is 1. The van der Waals surface area contributed by atoms with Gasteiger partial charge in [-0.3, -0.25) is 0 Å². The van der Waals surface area contributed by atoms with E-state index in [9.17, 15) is 14.4 Å². The molecular formula is C20H20N2O6. The third-order valence-corrected chi connectivity index (χ3v) is 4.87. The second-order valence-electron chi connectivity index (χ2n) is 6.29. The van der Waals surface area contributed by atoms with Gasteiger partial charge in [0.05, 0.1) is 7.11 Å². The standard InChI is InChI=1S/C20H20N2O6/c1-5-10-27-18(24)14-11(2)28-19(25)20(14)12-8-6-7-9-13(12)22(3)16(21)15(20)17(23)26-4/h5-9H,1,10,21H2,2-4H3. The van der Waals surface area contributed by atoms with Gasteiger partial charge >= 0.3 is 17.9 Å². The lowest BCUT2D eigenvalue weighted by Crippen LogP contribution is -2.49. The monoisotopic (exact) mass is 384 g/mol. The third kappa shape index (κ3) is 2.41. The number of ether oxygens (including phenoxy) is 3. The number of hydrogen-bond acceptors (Lipinski definition) is 8. The van der Waals surface area contributed by atoms with Gasteiger partial charge in [-0.1, -0.05) is 30.9 Å². The Morgan fingerprint density at radius 2 is 1.96 bits per heavy atom. The van der Waals surface area contributed by atoms with E-state index in [2.05, 4.69) is 6.58 Å². The van der Waals surface area contributed by atoms with E-state index in [0.29, 0.717) is 11.3 Å². The number of nitrogens with zero attached hydrogens (tertiary/aromatic N) is 1. The van der Waals surface area contributed by atoms with Crippen LogP contribution in [-0.2, 0) is 34.0 Å². The zero-order valence-electron chi connectivity index (χ0n) is 15.8. The molecule has 1 aromatic carbocycles. The third-order valence-electron chi connectivity index (χ3n) is 4.87. The van der Waals surface area contributed by atoms with E-state index in [-0.39, 0.29) is 29.3 Å². The second kappa shape index (κ2) is 6.88. The first-order valence-corrected chi connectivity index (χ1v) is 8.45. The molecule has 0 saturated heterocycles. The molecule has 0 aromatic heterocycles. The number of methoxy groups -OCH3 is 1. The maximum Gasteiger partial charge on any atom is 0.339 e. The van der Waals surface area contributed by atoms with Crippen LogP contribution < -0.4 is 10.6 Å². The molecule has 0 amide bonds. The Hall–Kier alpha value is -3.55. The summed E-state index contributed by atoms with van der Waals surface area (Å²) in [5.74, 6) is -2.46. The Labute approximate surface area is 161 Å². The minimum absolute atomic E-state index is 0.0220. The molecular weight excluding hydrogens is 364 g/mol. The van der Waals surface area contributed by atoms with E-state index in [1.165, 1.54) is 20.1 Å². The Bertz CT molecular complexity index is 961. The van der Waals surface area contributed by atoms with Gasteiger partial charge in [-0.2, -0.15) is 0 Å². The summed E-state index contributed by atoms with van der Waals surface area (Å²) in [4.78, 5) is 40.4. The van der Waals surface area contributed by atoms with Crippen LogP contribution in [-0.4, -0.2) is 38.7 Å². The summed E-state index contributed by atoms with van der Waals surface area (Å²) in [6.07, 6.45) is 1.39. The molecule has 2 N–H and O–H groups in total. The van der Waals surface area contributed by atoms with E-state index in [1.807, 2.05) is 0 Å². The van der Waals surface area contributed by atoms with Crippen LogP contribution in [0.2, 0.25) is 0 Å². The van der Waals surface area contributed by atoms with Gasteiger partial charge in [0.1, 0.15) is 29.3 Å². The van der Waals surface area contributed by atoms with Crippen LogP contribution >= 0.6 is 0 Å². The second-order valence-corrected chi connectivity index (χ2v) is 6.29. The molecule has 3 rings (SSSR count). The van der Waals surface area contributed by atoms with Crippen LogP contribution in [0.1, 0.15) is 12.5 Å². The van der Waals surface area contributed by atoms with Crippen LogP contribution in [0.5, 0.6) is 0 Å². The van der Waals surface area contributed by atoms with Gasteiger partial charge in [-0.25, -0.2) is 14.4 Å². The van der Waals surface area contributed by atoms with E-state index >= 15 is 0 Å². The van der Waals surface area contributed by atoms with Crippen molar-refractivity contribution in [3.8, 4) is 0 Å². The average Bonchev–Trinajstić information content (AvgIpc) is 2.94. The average molecular weight is 384 g/mol. The number of rotatable bonds is 4. The predicted molar refractivity (Wildman–Crippen MR) is 99.7 cm³/mol. The highest BCUT2D eigenvalue weighted by atomic mass is 16.6. The first-order valence-electron chi connectivity index (χ1n) is 8.45. The number of anilines is 1. The molecule has 146 valence electrons. The SMILES string of the molecule is C=CCOC(=O)C1=C(C)OC(=O)C12C(C(=O)OC)=C(N)N(C)c1ccccc12. The van der Waals surface area contributed by atoms with Crippen molar-refractivity contribution in [3.63, 3.8) is 0 Å². The van der Waals surface area contributed by atoms with Gasteiger partial charge in [-0.15, -0.1) is 0 Å². The lowest BCUT2D eigenvalue weighted by Gasteiger charge is -2.39. The first-order chi connectivity index (χ1) is 13.3. The molecule has 0 aliphatic carbocycles. The molecule has 28 heavy (non-hydrogen) atoms. The van der Waals surface area contributed by atoms with Gasteiger partial charge in [0, 0.05) is 18.3 Å². The van der Waals surface area contributed by atoms with Crippen molar-refractivity contribution in [1.29, 1.82) is 0 Å². The predicted octanol–water partition coefficient (Wildman–Crippen LogP) is 1.28.